The summed E-state index contributed by atoms with van der Waals surface area (Å²) in [6, 6.07) is 28.4. The number of aliphatic hydroxyl groups is 1. The molecular weight excluding hydrogens is 714 g/mol. The van der Waals surface area contributed by atoms with Gasteiger partial charge in [0.05, 0.1) is 16.7 Å². The predicted octanol–water partition coefficient (Wildman–Crippen LogP) is 9.06. The van der Waals surface area contributed by atoms with Crippen LogP contribution >= 0.6 is 11.6 Å². The lowest BCUT2D eigenvalue weighted by Gasteiger charge is -2.20. The molecule has 4 aromatic carbocycles. The van der Waals surface area contributed by atoms with Crippen LogP contribution in [0.15, 0.2) is 91.3 Å². The Labute approximate surface area is 329 Å². The molecule has 0 unspecified atom stereocenters. The van der Waals surface area contributed by atoms with E-state index in [4.69, 9.17) is 35.3 Å². The van der Waals surface area contributed by atoms with Crippen LogP contribution in [-0.4, -0.2) is 60.3 Å². The van der Waals surface area contributed by atoms with Crippen LogP contribution in [0.2, 0.25) is 5.02 Å². The van der Waals surface area contributed by atoms with Crippen LogP contribution in [0.4, 0.5) is 0 Å². The number of rotatable bonds is 17. The van der Waals surface area contributed by atoms with Crippen molar-refractivity contribution in [1.29, 1.82) is 5.26 Å². The van der Waals surface area contributed by atoms with Gasteiger partial charge in [-0.3, -0.25) is 9.88 Å². The van der Waals surface area contributed by atoms with Crippen LogP contribution < -0.4 is 14.2 Å². The summed E-state index contributed by atoms with van der Waals surface area (Å²) in [5.41, 5.74) is 9.98. The van der Waals surface area contributed by atoms with Crippen molar-refractivity contribution in [2.24, 2.45) is 0 Å². The number of β-amino-alcohol motifs (C(OH)–C–C–N with tert-alkyl or cyclic N) is 1. The number of aromatic nitrogens is 1. The maximum atomic E-state index is 10.1. The summed E-state index contributed by atoms with van der Waals surface area (Å²) in [5, 5.41) is 19.9. The summed E-state index contributed by atoms with van der Waals surface area (Å²) >= 11 is 6.85. The third-order valence-electron chi connectivity index (χ3n) is 9.78. The number of halogens is 1. The number of nitrogens with zero attached hydrogens (tertiary/aromatic N) is 3. The van der Waals surface area contributed by atoms with Gasteiger partial charge in [-0.15, -0.1) is 0 Å². The monoisotopic (exact) mass is 761 g/mol. The van der Waals surface area contributed by atoms with E-state index in [1.165, 1.54) is 11.8 Å². The van der Waals surface area contributed by atoms with E-state index in [0.29, 0.717) is 61.6 Å². The summed E-state index contributed by atoms with van der Waals surface area (Å²) in [6.07, 6.45) is 3.20. The van der Waals surface area contributed by atoms with Gasteiger partial charge in [0, 0.05) is 62.4 Å². The number of hydrogen-bond acceptors (Lipinski definition) is 9. The maximum absolute atomic E-state index is 10.1. The minimum absolute atomic E-state index is 0.222. The highest BCUT2D eigenvalue weighted by atomic mass is 35.5. The van der Waals surface area contributed by atoms with Gasteiger partial charge >= 0.3 is 0 Å². The molecule has 2 heterocycles. The van der Waals surface area contributed by atoms with E-state index >= 15 is 0 Å². The zero-order chi connectivity index (χ0) is 38.7. The zero-order valence-electron chi connectivity index (χ0n) is 31.9. The lowest BCUT2D eigenvalue weighted by Crippen LogP contribution is -2.25. The van der Waals surface area contributed by atoms with Gasteiger partial charge in [-0.25, -0.2) is 0 Å². The molecule has 286 valence electrons. The number of benzene rings is 4. The number of aliphatic hydroxyl groups excluding tert-OH is 1. The van der Waals surface area contributed by atoms with Crippen molar-refractivity contribution in [3.05, 3.63) is 130 Å². The minimum atomic E-state index is -0.397. The molecule has 0 aliphatic carbocycles. The summed E-state index contributed by atoms with van der Waals surface area (Å²) in [7, 11) is 0. The van der Waals surface area contributed by atoms with E-state index in [0.717, 1.165) is 63.2 Å². The average molecular weight is 762 g/mol. The number of pyridine rings is 1. The Balaban J connectivity index is 1.19. The van der Waals surface area contributed by atoms with E-state index < -0.39 is 6.29 Å². The highest BCUT2D eigenvalue weighted by Crippen LogP contribution is 2.37. The second kappa shape index (κ2) is 19.1. The Morgan fingerprint density at radius 1 is 0.836 bits per heavy atom. The van der Waals surface area contributed by atoms with Crippen molar-refractivity contribution in [3.8, 4) is 45.6 Å². The molecule has 10 heteroatoms. The molecule has 1 atom stereocenters. The van der Waals surface area contributed by atoms with Gasteiger partial charge < -0.3 is 28.8 Å². The number of ether oxygens (including phenoxy) is 5. The lowest BCUT2D eigenvalue weighted by atomic mass is 9.89. The molecule has 5 aromatic rings. The van der Waals surface area contributed by atoms with Gasteiger partial charge in [0.25, 0.3) is 0 Å². The largest absolute Gasteiger partial charge is 0.488 e. The fourth-order valence-electron chi connectivity index (χ4n) is 6.87. The van der Waals surface area contributed by atoms with Crippen molar-refractivity contribution in [2.75, 3.05) is 32.9 Å². The summed E-state index contributed by atoms with van der Waals surface area (Å²) in [4.78, 5) is 6.35. The molecule has 6 rings (SSSR count). The molecule has 0 amide bonds. The highest BCUT2D eigenvalue weighted by molar-refractivity contribution is 6.32. The fourth-order valence-corrected chi connectivity index (χ4v) is 7.11. The molecule has 1 aromatic heterocycles. The maximum Gasteiger partial charge on any atom is 0.191 e. The van der Waals surface area contributed by atoms with Crippen LogP contribution in [0.1, 0.15) is 53.6 Å². The third-order valence-corrected chi connectivity index (χ3v) is 10.1. The SMILES string of the molecule is CCOC(COc1ccc(-c2cccc(-c3cccc(COc4cc(OCc5cncc(C#N)c5)c(CN5CC[C@@H](O)C5)cc4Cl)c3C)c2C)cc1)OCC. The first-order valence-corrected chi connectivity index (χ1v) is 19.1. The first kappa shape index (κ1) is 39.7. The van der Waals surface area contributed by atoms with Gasteiger partial charge in [0.1, 0.15) is 43.1 Å². The second-order valence-electron chi connectivity index (χ2n) is 13.6. The quantitative estimate of drug-likeness (QED) is 0.0930. The lowest BCUT2D eigenvalue weighted by molar-refractivity contribution is -0.152. The van der Waals surface area contributed by atoms with E-state index in [-0.39, 0.29) is 12.7 Å². The fraction of sp³-hybridized carbons (Fsp3) is 0.333. The van der Waals surface area contributed by atoms with Gasteiger partial charge in [-0.2, -0.15) is 5.26 Å². The van der Waals surface area contributed by atoms with E-state index in [9.17, 15) is 10.4 Å². The molecule has 0 bridgehead atoms. The van der Waals surface area contributed by atoms with Crippen molar-refractivity contribution in [2.45, 2.75) is 66.3 Å². The molecule has 9 nitrogen and oxygen atoms in total. The third kappa shape index (κ3) is 10.2. The van der Waals surface area contributed by atoms with E-state index in [2.05, 4.69) is 78.3 Å². The summed E-state index contributed by atoms with van der Waals surface area (Å²) in [6.45, 7) is 12.1. The molecule has 1 fully saturated rings. The van der Waals surface area contributed by atoms with Gasteiger partial charge in [0.2, 0.25) is 0 Å². The van der Waals surface area contributed by atoms with Crippen LogP contribution in [0.3, 0.4) is 0 Å². The van der Waals surface area contributed by atoms with E-state index in [1.54, 1.807) is 12.3 Å². The molecule has 1 aliphatic rings. The predicted molar refractivity (Wildman–Crippen MR) is 214 cm³/mol. The van der Waals surface area contributed by atoms with Crippen LogP contribution in [0.25, 0.3) is 22.3 Å². The topological polar surface area (TPSA) is 106 Å². The Morgan fingerprint density at radius 3 is 2.25 bits per heavy atom. The van der Waals surface area contributed by atoms with E-state index in [1.807, 2.05) is 38.1 Å². The van der Waals surface area contributed by atoms with Crippen LogP contribution in [-0.2, 0) is 29.2 Å². The molecule has 0 spiro atoms. The minimum Gasteiger partial charge on any atom is -0.488 e. The number of likely N-dealkylation sites (tertiary alicyclic amines) is 1. The first-order chi connectivity index (χ1) is 26.8. The van der Waals surface area contributed by atoms with Crippen molar-refractivity contribution < 1.29 is 28.8 Å². The average Bonchev–Trinajstić information content (AvgIpc) is 3.61. The molecule has 0 radical (unpaired) electrons. The van der Waals surface area contributed by atoms with Gasteiger partial charge in [-0.05, 0) is 97.3 Å². The van der Waals surface area contributed by atoms with Gasteiger partial charge in [0.15, 0.2) is 6.29 Å². The smallest absolute Gasteiger partial charge is 0.191 e. The molecule has 1 N–H and O–H groups in total. The number of hydrogen-bond donors (Lipinski definition) is 1. The Bertz CT molecular complexity index is 2090. The molecule has 55 heavy (non-hydrogen) atoms. The molecule has 0 saturated carbocycles. The normalized spacial score (nSPS) is 14.3. The molecule has 1 aliphatic heterocycles. The van der Waals surface area contributed by atoms with Crippen molar-refractivity contribution in [1.82, 2.24) is 9.88 Å². The summed E-state index contributed by atoms with van der Waals surface area (Å²) in [5.74, 6) is 1.89. The van der Waals surface area contributed by atoms with Crippen molar-refractivity contribution in [3.63, 3.8) is 0 Å². The summed E-state index contributed by atoms with van der Waals surface area (Å²) < 4.78 is 29.9. The van der Waals surface area contributed by atoms with Crippen molar-refractivity contribution >= 4 is 11.6 Å². The Morgan fingerprint density at radius 2 is 1.55 bits per heavy atom. The zero-order valence-corrected chi connectivity index (χ0v) is 32.6. The second-order valence-corrected chi connectivity index (χ2v) is 14.0. The number of nitriles is 1. The Kier molecular flexibility index (Phi) is 13.8. The van der Waals surface area contributed by atoms with Gasteiger partial charge in [-0.1, -0.05) is 60.1 Å². The van der Waals surface area contributed by atoms with Crippen LogP contribution in [0, 0.1) is 25.2 Å². The van der Waals surface area contributed by atoms with Crippen LogP contribution in [0.5, 0.6) is 17.2 Å². The standard InChI is InChI=1S/C45H48ClN3O6/c1-5-51-45(52-6-2)29-53-38-15-13-34(14-16-38)39-10-8-12-41(31(39)4)40-11-7-9-35(30(40)3)28-55-44-21-43(54-27-33-19-32(22-47)23-48-24-33)36(20-42(44)46)25-49-18-17-37(50)26-49/h7-16,19-21,23-24,37,45,50H,5-6,17-18,25-29H2,1-4H3/t37-/m1/s1. The first-order valence-electron chi connectivity index (χ1n) is 18.7. The molecular formula is C45H48ClN3O6. The highest BCUT2D eigenvalue weighted by Gasteiger charge is 2.23. The Hall–Kier alpha value is -4.95. The molecule has 1 saturated heterocycles.